The van der Waals surface area contributed by atoms with E-state index in [0.29, 0.717) is 17.1 Å². The summed E-state index contributed by atoms with van der Waals surface area (Å²) in [5.74, 6) is -1.22. The second kappa shape index (κ2) is 9.30. The van der Waals surface area contributed by atoms with Crippen LogP contribution in [0.15, 0.2) is 78.9 Å². The Morgan fingerprint density at radius 3 is 1.14 bits per heavy atom. The fourth-order valence-corrected chi connectivity index (χ4v) is 3.59. The minimum absolute atomic E-state index is 0.296. The molecule has 0 aliphatic carbocycles. The first-order valence-corrected chi connectivity index (χ1v) is 12.0. The molecule has 0 amide bonds. The zero-order chi connectivity index (χ0) is 26.1. The van der Waals surface area contributed by atoms with Gasteiger partial charge in [0, 0.05) is 17.1 Å². The predicted octanol–water partition coefficient (Wildman–Crippen LogP) is 5.61. The van der Waals surface area contributed by atoms with Crippen LogP contribution in [-0.2, 0) is 20.2 Å². The van der Waals surface area contributed by atoms with E-state index in [0.717, 1.165) is 24.3 Å². The van der Waals surface area contributed by atoms with Gasteiger partial charge in [0.2, 0.25) is 0 Å². The second-order valence-corrected chi connectivity index (χ2v) is 9.70. The topological polar surface area (TPSA) is 90.0 Å². The van der Waals surface area contributed by atoms with Gasteiger partial charge in [-0.1, -0.05) is 18.2 Å². The second-order valence-electron chi connectivity index (χ2n) is 6.63. The summed E-state index contributed by atoms with van der Waals surface area (Å²) in [6.07, 6.45) is 0. The summed E-state index contributed by atoms with van der Waals surface area (Å²) in [5.41, 5.74) is -10.1. The third-order valence-electron chi connectivity index (χ3n) is 4.18. The summed E-state index contributed by atoms with van der Waals surface area (Å²) in [4.78, 5) is 1.50. The third kappa shape index (κ3) is 5.97. The van der Waals surface area contributed by atoms with Crippen molar-refractivity contribution < 1.29 is 51.5 Å². The highest BCUT2D eigenvalue weighted by molar-refractivity contribution is 7.88. The van der Waals surface area contributed by atoms with E-state index in [9.17, 15) is 43.2 Å². The molecule has 0 aliphatic heterocycles. The van der Waals surface area contributed by atoms with E-state index in [-0.39, 0.29) is 0 Å². The van der Waals surface area contributed by atoms with E-state index in [1.807, 2.05) is 0 Å². The molecule has 0 heterocycles. The first-order valence-electron chi connectivity index (χ1n) is 9.17. The molecule has 3 rings (SSSR count). The van der Waals surface area contributed by atoms with Crippen LogP contribution in [0.1, 0.15) is 0 Å². The van der Waals surface area contributed by atoms with Crippen LogP contribution < -0.4 is 13.3 Å². The molecule has 3 aromatic rings. The SMILES string of the molecule is O=S(=O)(Oc1ccc(N(c2ccccc2)c2ccc(OS(=O)(=O)C(F)(F)F)cc2)cc1)C(F)(F)F. The number of hydrogen-bond acceptors (Lipinski definition) is 7. The van der Waals surface area contributed by atoms with Crippen molar-refractivity contribution in [3.63, 3.8) is 0 Å². The highest BCUT2D eigenvalue weighted by Crippen LogP contribution is 2.37. The van der Waals surface area contributed by atoms with Gasteiger partial charge in [-0.25, -0.2) is 0 Å². The summed E-state index contributed by atoms with van der Waals surface area (Å²) in [5, 5.41) is 0. The lowest BCUT2D eigenvalue weighted by molar-refractivity contribution is -0.0504. The summed E-state index contributed by atoms with van der Waals surface area (Å²) in [6, 6.07) is 17.1. The van der Waals surface area contributed by atoms with Gasteiger partial charge in [0.15, 0.2) is 0 Å². The van der Waals surface area contributed by atoms with E-state index < -0.39 is 42.8 Å². The monoisotopic (exact) mass is 541 g/mol. The molecule has 0 unspecified atom stereocenters. The van der Waals surface area contributed by atoms with Gasteiger partial charge in [-0.15, -0.1) is 0 Å². The molecular weight excluding hydrogens is 528 g/mol. The summed E-state index contributed by atoms with van der Waals surface area (Å²) in [6.45, 7) is 0. The molecular formula is C20H13F6NO6S2. The molecule has 15 heteroatoms. The molecule has 0 radical (unpaired) electrons. The molecule has 0 N–H and O–H groups in total. The molecule has 0 aromatic heterocycles. The Balaban J connectivity index is 1.94. The molecule has 0 saturated carbocycles. The highest BCUT2D eigenvalue weighted by atomic mass is 32.2. The standard InChI is InChI=1S/C20H13F6NO6S2/c21-19(22,23)34(28,29)32-17-10-6-15(7-11-17)27(14-4-2-1-3-5-14)16-8-12-18(13-9-16)33-35(30,31)20(24,25)26/h1-13H. The molecule has 0 fully saturated rings. The van der Waals surface area contributed by atoms with Gasteiger partial charge in [-0.05, 0) is 60.7 Å². The van der Waals surface area contributed by atoms with Crippen molar-refractivity contribution in [1.82, 2.24) is 0 Å². The van der Waals surface area contributed by atoms with Crippen LogP contribution in [0.3, 0.4) is 0 Å². The molecule has 0 saturated heterocycles. The van der Waals surface area contributed by atoms with Gasteiger partial charge >= 0.3 is 31.3 Å². The van der Waals surface area contributed by atoms with E-state index in [1.54, 1.807) is 30.3 Å². The lowest BCUT2D eigenvalue weighted by Crippen LogP contribution is -2.28. The number of benzene rings is 3. The van der Waals surface area contributed by atoms with Crippen LogP contribution in [-0.4, -0.2) is 27.9 Å². The lowest BCUT2D eigenvalue weighted by Gasteiger charge is -2.25. The minimum Gasteiger partial charge on any atom is -0.376 e. The van der Waals surface area contributed by atoms with Gasteiger partial charge in [0.05, 0.1) is 0 Å². The fraction of sp³-hybridized carbons (Fsp3) is 0.100. The van der Waals surface area contributed by atoms with Crippen LogP contribution in [0.2, 0.25) is 0 Å². The number of rotatable bonds is 7. The van der Waals surface area contributed by atoms with Crippen molar-refractivity contribution in [3.05, 3.63) is 78.9 Å². The van der Waals surface area contributed by atoms with Crippen LogP contribution in [0.4, 0.5) is 43.4 Å². The van der Waals surface area contributed by atoms with Gasteiger partial charge < -0.3 is 13.3 Å². The molecule has 0 bridgehead atoms. The average Bonchev–Trinajstić information content (AvgIpc) is 2.75. The number of para-hydroxylation sites is 1. The fourth-order valence-electron chi connectivity index (χ4n) is 2.67. The Morgan fingerprint density at radius 1 is 0.514 bits per heavy atom. The largest absolute Gasteiger partial charge is 0.534 e. The Kier molecular flexibility index (Phi) is 6.95. The van der Waals surface area contributed by atoms with Gasteiger partial charge in [-0.3, -0.25) is 0 Å². The smallest absolute Gasteiger partial charge is 0.376 e. The molecule has 7 nitrogen and oxygen atoms in total. The zero-order valence-corrected chi connectivity index (χ0v) is 18.6. The number of halogens is 6. The normalized spacial score (nSPS) is 12.7. The average molecular weight is 541 g/mol. The van der Waals surface area contributed by atoms with Crippen molar-refractivity contribution in [3.8, 4) is 11.5 Å². The molecule has 3 aromatic carbocycles. The molecule has 0 atom stereocenters. The van der Waals surface area contributed by atoms with E-state index >= 15 is 0 Å². The quantitative estimate of drug-likeness (QED) is 0.218. The van der Waals surface area contributed by atoms with E-state index in [2.05, 4.69) is 8.37 Å². The maximum absolute atomic E-state index is 12.5. The lowest BCUT2D eigenvalue weighted by atomic mass is 10.2. The van der Waals surface area contributed by atoms with Crippen LogP contribution >= 0.6 is 0 Å². The van der Waals surface area contributed by atoms with Crippen LogP contribution in [0.25, 0.3) is 0 Å². The zero-order valence-electron chi connectivity index (χ0n) is 17.0. The number of anilines is 3. The Hall–Kier alpha value is -3.46. The van der Waals surface area contributed by atoms with Crippen molar-refractivity contribution in [2.24, 2.45) is 0 Å². The first kappa shape index (κ1) is 26.2. The summed E-state index contributed by atoms with van der Waals surface area (Å²) >= 11 is 0. The van der Waals surface area contributed by atoms with Crippen molar-refractivity contribution >= 4 is 37.3 Å². The molecule has 0 spiro atoms. The van der Waals surface area contributed by atoms with E-state index in [4.69, 9.17) is 0 Å². The maximum Gasteiger partial charge on any atom is 0.534 e. The third-order valence-corrected chi connectivity index (χ3v) is 6.14. The Bertz CT molecular complexity index is 1280. The predicted molar refractivity (Wildman–Crippen MR) is 112 cm³/mol. The number of nitrogens with zero attached hydrogens (tertiary/aromatic N) is 1. The van der Waals surface area contributed by atoms with Crippen molar-refractivity contribution in [2.45, 2.75) is 11.0 Å². The Morgan fingerprint density at radius 2 is 0.829 bits per heavy atom. The Labute approximate surface area is 195 Å². The number of alkyl halides is 6. The molecule has 35 heavy (non-hydrogen) atoms. The van der Waals surface area contributed by atoms with Gasteiger partial charge in [0.25, 0.3) is 0 Å². The molecule has 188 valence electrons. The van der Waals surface area contributed by atoms with Crippen LogP contribution in [0, 0.1) is 0 Å². The number of hydrogen-bond donors (Lipinski definition) is 0. The summed E-state index contributed by atoms with van der Waals surface area (Å²) < 4.78 is 128. The van der Waals surface area contributed by atoms with Crippen LogP contribution in [0.5, 0.6) is 11.5 Å². The highest BCUT2D eigenvalue weighted by Gasteiger charge is 2.49. The van der Waals surface area contributed by atoms with Crippen molar-refractivity contribution in [1.29, 1.82) is 0 Å². The van der Waals surface area contributed by atoms with Gasteiger partial charge in [0.1, 0.15) is 11.5 Å². The van der Waals surface area contributed by atoms with E-state index in [1.165, 1.54) is 29.2 Å². The summed E-state index contributed by atoms with van der Waals surface area (Å²) in [7, 11) is -11.8. The molecule has 0 aliphatic rings. The minimum atomic E-state index is -5.88. The van der Waals surface area contributed by atoms with Gasteiger partial charge in [-0.2, -0.15) is 43.2 Å². The maximum atomic E-state index is 12.5. The van der Waals surface area contributed by atoms with Crippen molar-refractivity contribution in [2.75, 3.05) is 4.90 Å². The first-order chi connectivity index (χ1) is 16.1.